The average molecular weight is 455 g/mol. The van der Waals surface area contributed by atoms with E-state index in [9.17, 15) is 9.59 Å². The summed E-state index contributed by atoms with van der Waals surface area (Å²) in [5.74, 6) is 0.655. The largest absolute Gasteiger partial charge is 0.339 e. The summed E-state index contributed by atoms with van der Waals surface area (Å²) in [7, 11) is 0. The van der Waals surface area contributed by atoms with Gasteiger partial charge in [-0.3, -0.25) is 9.59 Å². The van der Waals surface area contributed by atoms with Gasteiger partial charge in [0.1, 0.15) is 5.82 Å². The lowest BCUT2D eigenvalue weighted by Crippen LogP contribution is -2.38. The molecule has 0 unspecified atom stereocenters. The Balaban J connectivity index is 1.34. The minimum Gasteiger partial charge on any atom is -0.339 e. The summed E-state index contributed by atoms with van der Waals surface area (Å²) < 4.78 is 1.66. The van der Waals surface area contributed by atoms with Gasteiger partial charge in [0.05, 0.1) is 6.54 Å². The molecule has 8 nitrogen and oxygen atoms in total. The van der Waals surface area contributed by atoms with Crippen molar-refractivity contribution in [2.75, 3.05) is 13.1 Å². The Hall–Kier alpha value is -3.04. The zero-order valence-corrected chi connectivity index (χ0v) is 18.1. The first kappa shape index (κ1) is 19.9. The van der Waals surface area contributed by atoms with Crippen LogP contribution in [0.3, 0.4) is 0 Å². The summed E-state index contributed by atoms with van der Waals surface area (Å²) in [4.78, 5) is 34.7. The van der Waals surface area contributed by atoms with E-state index >= 15 is 0 Å². The normalized spacial score (nSPS) is 14.9. The molecule has 31 heavy (non-hydrogen) atoms. The maximum absolute atomic E-state index is 12.8. The van der Waals surface area contributed by atoms with Gasteiger partial charge in [0.2, 0.25) is 0 Å². The number of aromatic amines is 1. The molecule has 3 aromatic heterocycles. The minimum atomic E-state index is -0.283. The number of nitrogens with one attached hydrogen (secondary N) is 1. The van der Waals surface area contributed by atoms with E-state index in [1.807, 2.05) is 21.7 Å². The first-order valence-electron chi connectivity index (χ1n) is 9.98. The fraction of sp³-hybridized carbons (Fsp3) is 0.286. The summed E-state index contributed by atoms with van der Waals surface area (Å²) in [5.41, 5.74) is 2.12. The summed E-state index contributed by atoms with van der Waals surface area (Å²) in [6.07, 6.45) is 1.43. The average Bonchev–Trinajstić information content (AvgIpc) is 3.44. The van der Waals surface area contributed by atoms with Gasteiger partial charge in [-0.2, -0.15) is 11.3 Å². The minimum absolute atomic E-state index is 0.0316. The van der Waals surface area contributed by atoms with Crippen molar-refractivity contribution in [3.8, 4) is 0 Å². The first-order chi connectivity index (χ1) is 15.1. The Morgan fingerprint density at radius 1 is 1.26 bits per heavy atom. The molecule has 1 fully saturated rings. The van der Waals surface area contributed by atoms with Gasteiger partial charge in [-0.1, -0.05) is 22.9 Å². The van der Waals surface area contributed by atoms with Gasteiger partial charge < -0.3 is 9.88 Å². The summed E-state index contributed by atoms with van der Waals surface area (Å²) in [5, 5.41) is 12.7. The number of carbonyl (C=O) groups is 1. The number of thiophene rings is 1. The highest BCUT2D eigenvalue weighted by molar-refractivity contribution is 7.07. The molecule has 4 heterocycles. The van der Waals surface area contributed by atoms with Crippen molar-refractivity contribution in [2.45, 2.75) is 25.3 Å². The molecule has 0 saturated carbocycles. The smallest absolute Gasteiger partial charge is 0.281 e. The molecule has 1 amide bonds. The van der Waals surface area contributed by atoms with Crippen LogP contribution in [-0.2, 0) is 6.54 Å². The number of amides is 1. The third kappa shape index (κ3) is 3.98. The molecule has 1 aromatic carbocycles. The summed E-state index contributed by atoms with van der Waals surface area (Å²) in [6, 6.07) is 9.00. The van der Waals surface area contributed by atoms with Gasteiger partial charge in [-0.05, 0) is 53.4 Å². The van der Waals surface area contributed by atoms with E-state index in [1.165, 1.54) is 0 Å². The van der Waals surface area contributed by atoms with Crippen LogP contribution in [0, 0.1) is 0 Å². The van der Waals surface area contributed by atoms with E-state index in [4.69, 9.17) is 16.6 Å². The van der Waals surface area contributed by atoms with Gasteiger partial charge in [0.15, 0.2) is 11.2 Å². The molecule has 0 atom stereocenters. The van der Waals surface area contributed by atoms with E-state index in [0.717, 1.165) is 5.56 Å². The number of piperidine rings is 1. The Morgan fingerprint density at radius 2 is 2.10 bits per heavy atom. The molecule has 4 aromatic rings. The molecule has 1 aliphatic rings. The highest BCUT2D eigenvalue weighted by atomic mass is 35.5. The lowest BCUT2D eigenvalue weighted by atomic mass is 9.95. The molecule has 1 aliphatic heterocycles. The number of nitrogens with zero attached hydrogens (tertiary/aromatic N) is 5. The maximum Gasteiger partial charge on any atom is 0.281 e. The molecule has 0 bridgehead atoms. The number of hydrogen-bond acceptors (Lipinski definition) is 6. The fourth-order valence-corrected chi connectivity index (χ4v) is 4.75. The molecule has 5 rings (SSSR count). The number of carbonyl (C=O) groups excluding carboxylic acids is 1. The van der Waals surface area contributed by atoms with Crippen LogP contribution in [0.4, 0.5) is 0 Å². The Labute approximate surface area is 186 Å². The van der Waals surface area contributed by atoms with E-state index < -0.39 is 0 Å². The molecular weight excluding hydrogens is 436 g/mol. The predicted octanol–water partition coefficient (Wildman–Crippen LogP) is 3.30. The molecule has 10 heteroatoms. The van der Waals surface area contributed by atoms with E-state index in [1.54, 1.807) is 40.3 Å². The Morgan fingerprint density at radius 3 is 2.84 bits per heavy atom. The highest BCUT2D eigenvalue weighted by Crippen LogP contribution is 2.27. The second kappa shape index (κ2) is 8.24. The zero-order chi connectivity index (χ0) is 21.4. The lowest BCUT2D eigenvalue weighted by Gasteiger charge is -2.31. The second-order valence-corrected chi connectivity index (χ2v) is 8.80. The third-order valence-electron chi connectivity index (χ3n) is 5.54. The van der Waals surface area contributed by atoms with Crippen LogP contribution in [0.15, 0.2) is 45.9 Å². The number of hydrogen-bond donors (Lipinski definition) is 1. The molecule has 1 saturated heterocycles. The van der Waals surface area contributed by atoms with E-state index in [2.05, 4.69) is 15.3 Å². The van der Waals surface area contributed by atoms with Crippen molar-refractivity contribution in [1.29, 1.82) is 0 Å². The number of benzene rings is 1. The number of H-pyrrole nitrogens is 1. The predicted molar refractivity (Wildman–Crippen MR) is 119 cm³/mol. The summed E-state index contributed by atoms with van der Waals surface area (Å²) in [6.45, 7) is 1.69. The molecule has 0 spiro atoms. The van der Waals surface area contributed by atoms with Crippen LogP contribution in [0.1, 0.15) is 40.5 Å². The van der Waals surface area contributed by atoms with E-state index in [-0.39, 0.29) is 22.9 Å². The lowest BCUT2D eigenvalue weighted by molar-refractivity contribution is 0.0711. The van der Waals surface area contributed by atoms with Crippen molar-refractivity contribution in [1.82, 2.24) is 29.9 Å². The number of halogens is 1. The molecule has 158 valence electrons. The van der Waals surface area contributed by atoms with Crippen LogP contribution in [-0.4, -0.2) is 48.9 Å². The van der Waals surface area contributed by atoms with Crippen LogP contribution < -0.4 is 5.56 Å². The van der Waals surface area contributed by atoms with Crippen LogP contribution in [0.5, 0.6) is 0 Å². The SMILES string of the molecule is O=C(c1cccc(Cl)c1)N1CCC(c2nc3c(nnn3Cc3ccsc3)c(=O)[nH]2)CC1. The second-order valence-electron chi connectivity index (χ2n) is 7.58. The molecule has 1 N–H and O–H groups in total. The standard InChI is InChI=1S/C21H19ClN6O2S/c22-16-3-1-2-15(10-16)21(30)27-7-4-14(5-8-27)18-23-19-17(20(29)24-18)25-26-28(19)11-13-6-9-31-12-13/h1-3,6,9-10,12,14H,4-5,7-8,11H2,(H,23,24,29). The van der Waals surface area contributed by atoms with Crippen molar-refractivity contribution in [2.24, 2.45) is 0 Å². The van der Waals surface area contributed by atoms with E-state index in [0.29, 0.717) is 54.5 Å². The molecule has 0 radical (unpaired) electrons. The number of rotatable bonds is 4. The molecule has 0 aliphatic carbocycles. The van der Waals surface area contributed by atoms with Crippen LogP contribution in [0.2, 0.25) is 5.02 Å². The van der Waals surface area contributed by atoms with Gasteiger partial charge in [-0.15, -0.1) is 5.10 Å². The summed E-state index contributed by atoms with van der Waals surface area (Å²) >= 11 is 7.63. The number of aromatic nitrogens is 5. The van der Waals surface area contributed by atoms with Gasteiger partial charge in [0.25, 0.3) is 11.5 Å². The zero-order valence-electron chi connectivity index (χ0n) is 16.5. The van der Waals surface area contributed by atoms with Gasteiger partial charge >= 0.3 is 0 Å². The number of fused-ring (bicyclic) bond motifs is 1. The van der Waals surface area contributed by atoms with Crippen molar-refractivity contribution in [3.63, 3.8) is 0 Å². The first-order valence-corrected chi connectivity index (χ1v) is 11.3. The van der Waals surface area contributed by atoms with Crippen molar-refractivity contribution in [3.05, 3.63) is 73.4 Å². The van der Waals surface area contributed by atoms with Crippen LogP contribution in [0.25, 0.3) is 11.2 Å². The monoisotopic (exact) mass is 454 g/mol. The molecular formula is C21H19ClN6O2S. The van der Waals surface area contributed by atoms with Crippen molar-refractivity contribution >= 4 is 40.0 Å². The third-order valence-corrected chi connectivity index (χ3v) is 6.51. The van der Waals surface area contributed by atoms with Gasteiger partial charge in [0, 0.05) is 29.6 Å². The fourth-order valence-electron chi connectivity index (χ4n) is 3.90. The quantitative estimate of drug-likeness (QED) is 0.510. The maximum atomic E-state index is 12.8. The highest BCUT2D eigenvalue weighted by Gasteiger charge is 2.27. The Bertz CT molecular complexity index is 1290. The topological polar surface area (TPSA) is 96.8 Å². The van der Waals surface area contributed by atoms with Crippen LogP contribution >= 0.6 is 22.9 Å². The Kier molecular flexibility index (Phi) is 5.29. The van der Waals surface area contributed by atoms with Gasteiger partial charge in [-0.25, -0.2) is 9.67 Å². The number of likely N-dealkylation sites (tertiary alicyclic amines) is 1. The van der Waals surface area contributed by atoms with Crippen molar-refractivity contribution < 1.29 is 4.79 Å².